The Morgan fingerprint density at radius 2 is 2.14 bits per heavy atom. The van der Waals surface area contributed by atoms with Gasteiger partial charge < -0.3 is 10.2 Å². The third-order valence-corrected chi connectivity index (χ3v) is 4.39. The number of fused-ring (bicyclic) bond motifs is 1. The van der Waals surface area contributed by atoms with Gasteiger partial charge in [0.05, 0.1) is 22.8 Å². The van der Waals surface area contributed by atoms with E-state index in [0.717, 1.165) is 36.0 Å². The van der Waals surface area contributed by atoms with Crippen molar-refractivity contribution in [2.45, 2.75) is 31.3 Å². The molecule has 1 amide bonds. The van der Waals surface area contributed by atoms with E-state index >= 15 is 0 Å². The minimum absolute atomic E-state index is 0.0611. The van der Waals surface area contributed by atoms with E-state index < -0.39 is 0 Å². The summed E-state index contributed by atoms with van der Waals surface area (Å²) in [5.41, 5.74) is 2.17. The molecule has 110 valence electrons. The zero-order chi connectivity index (χ0) is 15.1. The average molecular weight is 292 g/mol. The first-order chi connectivity index (χ1) is 10.8. The molecule has 1 aromatic heterocycles. The number of nitrogens with one attached hydrogen (secondary N) is 1. The Kier molecular flexibility index (Phi) is 2.97. The van der Waals surface area contributed by atoms with Crippen molar-refractivity contribution in [1.82, 2.24) is 9.88 Å². The van der Waals surface area contributed by atoms with E-state index in [4.69, 9.17) is 0 Å². The topological polar surface area (TPSA) is 69.0 Å². The number of pyridine rings is 1. The summed E-state index contributed by atoms with van der Waals surface area (Å²) < 4.78 is 0. The van der Waals surface area contributed by atoms with Crippen LogP contribution in [0.4, 0.5) is 5.69 Å². The molecule has 22 heavy (non-hydrogen) atoms. The molecule has 2 aromatic rings. The normalized spacial score (nSPS) is 21.1. The molecule has 2 heterocycles. The van der Waals surface area contributed by atoms with Gasteiger partial charge in [0, 0.05) is 30.6 Å². The lowest BCUT2D eigenvalue weighted by Gasteiger charge is -2.18. The molecule has 1 aromatic carbocycles. The van der Waals surface area contributed by atoms with Gasteiger partial charge in [-0.15, -0.1) is 0 Å². The van der Waals surface area contributed by atoms with Gasteiger partial charge in [-0.05, 0) is 18.9 Å². The number of benzene rings is 1. The zero-order valence-electron chi connectivity index (χ0n) is 12.1. The quantitative estimate of drug-likeness (QED) is 0.942. The van der Waals surface area contributed by atoms with Crippen molar-refractivity contribution in [3.8, 4) is 6.07 Å². The standard InChI is InChI=1S/C17H16N4O/c18-8-11-9-19-15-4-2-1-3-14(15)17(11)20-12-7-16(22)21(10-12)13-5-6-13/h1-4,9,12-13H,5-7,10H2,(H,19,20). The van der Waals surface area contributed by atoms with Gasteiger partial charge in [-0.2, -0.15) is 5.26 Å². The maximum atomic E-state index is 12.1. The molecule has 1 saturated carbocycles. The molecule has 4 rings (SSSR count). The van der Waals surface area contributed by atoms with Gasteiger partial charge in [0.25, 0.3) is 0 Å². The molecule has 0 radical (unpaired) electrons. The third kappa shape index (κ3) is 2.17. The van der Waals surface area contributed by atoms with E-state index in [1.165, 1.54) is 0 Å². The summed E-state index contributed by atoms with van der Waals surface area (Å²) in [6.45, 7) is 0.727. The number of carbonyl (C=O) groups excluding carboxylic acids is 1. The minimum Gasteiger partial charge on any atom is -0.378 e. The van der Waals surface area contributed by atoms with Crippen LogP contribution in [0.3, 0.4) is 0 Å². The SMILES string of the molecule is N#Cc1cnc2ccccc2c1NC1CC(=O)N(C2CC2)C1. The lowest BCUT2D eigenvalue weighted by atomic mass is 10.1. The summed E-state index contributed by atoms with van der Waals surface area (Å²) in [4.78, 5) is 18.4. The molecule has 1 unspecified atom stereocenters. The van der Waals surface area contributed by atoms with Crippen molar-refractivity contribution in [3.05, 3.63) is 36.0 Å². The molecule has 1 saturated heterocycles. The number of rotatable bonds is 3. The van der Waals surface area contributed by atoms with Crippen molar-refractivity contribution >= 4 is 22.5 Å². The van der Waals surface area contributed by atoms with Gasteiger partial charge >= 0.3 is 0 Å². The molecule has 0 spiro atoms. The van der Waals surface area contributed by atoms with Crippen LogP contribution in [-0.2, 0) is 4.79 Å². The molecule has 5 heteroatoms. The second kappa shape index (κ2) is 4.99. The van der Waals surface area contributed by atoms with Gasteiger partial charge in [-0.1, -0.05) is 18.2 Å². The largest absolute Gasteiger partial charge is 0.378 e. The zero-order valence-corrected chi connectivity index (χ0v) is 12.1. The Labute approximate surface area is 128 Å². The highest BCUT2D eigenvalue weighted by Crippen LogP contribution is 2.33. The van der Waals surface area contributed by atoms with Crippen LogP contribution in [0.2, 0.25) is 0 Å². The van der Waals surface area contributed by atoms with E-state index in [1.54, 1.807) is 6.20 Å². The Morgan fingerprint density at radius 1 is 1.32 bits per heavy atom. The lowest BCUT2D eigenvalue weighted by Crippen LogP contribution is -2.29. The molecule has 1 aliphatic heterocycles. The van der Waals surface area contributed by atoms with Crippen molar-refractivity contribution in [3.63, 3.8) is 0 Å². The maximum Gasteiger partial charge on any atom is 0.225 e. The van der Waals surface area contributed by atoms with Crippen LogP contribution in [-0.4, -0.2) is 34.4 Å². The summed E-state index contributed by atoms with van der Waals surface area (Å²) in [7, 11) is 0. The molecule has 1 N–H and O–H groups in total. The highest BCUT2D eigenvalue weighted by atomic mass is 16.2. The summed E-state index contributed by atoms with van der Waals surface area (Å²) in [6.07, 6.45) is 4.35. The fraction of sp³-hybridized carbons (Fsp3) is 0.353. The summed E-state index contributed by atoms with van der Waals surface area (Å²) in [6, 6.07) is 10.5. The highest BCUT2D eigenvalue weighted by Gasteiger charge is 2.39. The molecule has 2 fully saturated rings. The molecule has 0 bridgehead atoms. The number of carbonyl (C=O) groups is 1. The van der Waals surface area contributed by atoms with E-state index in [9.17, 15) is 10.1 Å². The number of nitrogens with zero attached hydrogens (tertiary/aromatic N) is 3. The van der Waals surface area contributed by atoms with Gasteiger partial charge in [0.15, 0.2) is 0 Å². The first-order valence-electron chi connectivity index (χ1n) is 7.60. The number of nitriles is 1. The lowest BCUT2D eigenvalue weighted by molar-refractivity contribution is -0.128. The second-order valence-corrected chi connectivity index (χ2v) is 6.00. The Bertz CT molecular complexity index is 791. The van der Waals surface area contributed by atoms with Crippen LogP contribution in [0.5, 0.6) is 0 Å². The fourth-order valence-electron chi connectivity index (χ4n) is 3.15. The maximum absolute atomic E-state index is 12.1. The van der Waals surface area contributed by atoms with E-state index in [-0.39, 0.29) is 11.9 Å². The molecule has 5 nitrogen and oxygen atoms in total. The molecule has 1 aliphatic carbocycles. The Morgan fingerprint density at radius 3 is 2.91 bits per heavy atom. The fourth-order valence-corrected chi connectivity index (χ4v) is 3.15. The van der Waals surface area contributed by atoms with Gasteiger partial charge in [0.1, 0.15) is 6.07 Å². The van der Waals surface area contributed by atoms with Crippen LogP contribution >= 0.6 is 0 Å². The van der Waals surface area contributed by atoms with Crippen LogP contribution < -0.4 is 5.32 Å². The van der Waals surface area contributed by atoms with Gasteiger partial charge in [-0.25, -0.2) is 0 Å². The number of para-hydroxylation sites is 1. The number of hydrogen-bond acceptors (Lipinski definition) is 4. The first-order valence-corrected chi connectivity index (χ1v) is 7.60. The summed E-state index contributed by atoms with van der Waals surface area (Å²) in [5, 5.41) is 13.7. The summed E-state index contributed by atoms with van der Waals surface area (Å²) in [5.74, 6) is 0.219. The first kappa shape index (κ1) is 13.1. The number of hydrogen-bond donors (Lipinski definition) is 1. The van der Waals surface area contributed by atoms with Crippen LogP contribution in [0, 0.1) is 11.3 Å². The van der Waals surface area contributed by atoms with Gasteiger partial charge in [-0.3, -0.25) is 9.78 Å². The predicted molar refractivity (Wildman–Crippen MR) is 83.2 cm³/mol. The average Bonchev–Trinajstić information content (AvgIpc) is 3.31. The van der Waals surface area contributed by atoms with E-state index in [2.05, 4.69) is 16.4 Å². The Balaban J connectivity index is 1.66. The number of likely N-dealkylation sites (tertiary alicyclic amines) is 1. The van der Waals surface area contributed by atoms with Crippen molar-refractivity contribution < 1.29 is 4.79 Å². The van der Waals surface area contributed by atoms with Crippen molar-refractivity contribution in [1.29, 1.82) is 5.26 Å². The van der Waals surface area contributed by atoms with Crippen LogP contribution in [0.25, 0.3) is 10.9 Å². The number of aromatic nitrogens is 1. The molecule has 2 aliphatic rings. The predicted octanol–water partition coefficient (Wildman–Crippen LogP) is 2.28. The van der Waals surface area contributed by atoms with E-state index in [1.807, 2.05) is 29.2 Å². The monoisotopic (exact) mass is 292 g/mol. The van der Waals surface area contributed by atoms with Crippen molar-refractivity contribution in [2.75, 3.05) is 11.9 Å². The smallest absolute Gasteiger partial charge is 0.225 e. The number of amides is 1. The highest BCUT2D eigenvalue weighted by molar-refractivity contribution is 5.94. The van der Waals surface area contributed by atoms with Crippen molar-refractivity contribution in [2.24, 2.45) is 0 Å². The molecular weight excluding hydrogens is 276 g/mol. The van der Waals surface area contributed by atoms with Crippen LogP contribution in [0.15, 0.2) is 30.5 Å². The minimum atomic E-state index is 0.0611. The molecule has 1 atom stereocenters. The summed E-state index contributed by atoms with van der Waals surface area (Å²) >= 11 is 0. The Hall–Kier alpha value is -2.61. The number of anilines is 1. The van der Waals surface area contributed by atoms with Crippen LogP contribution in [0.1, 0.15) is 24.8 Å². The van der Waals surface area contributed by atoms with E-state index in [0.29, 0.717) is 18.0 Å². The third-order valence-electron chi connectivity index (χ3n) is 4.39. The molecular formula is C17H16N4O. The second-order valence-electron chi connectivity index (χ2n) is 6.00. The van der Waals surface area contributed by atoms with Gasteiger partial charge in [0.2, 0.25) is 5.91 Å².